The summed E-state index contributed by atoms with van der Waals surface area (Å²) in [6.07, 6.45) is -0.895. The molecule has 3 unspecified atom stereocenters. The van der Waals surface area contributed by atoms with Crippen molar-refractivity contribution in [1.82, 2.24) is 14.9 Å². The Morgan fingerprint density at radius 3 is 2.57 bits per heavy atom. The first kappa shape index (κ1) is 19.8. The van der Waals surface area contributed by atoms with Gasteiger partial charge in [0, 0.05) is 38.8 Å². The fourth-order valence-electron chi connectivity index (χ4n) is 4.75. The summed E-state index contributed by atoms with van der Waals surface area (Å²) >= 11 is 0. The minimum Gasteiger partial charge on any atom is -0.373 e. The number of morpholine rings is 1. The highest BCUT2D eigenvalue weighted by Crippen LogP contribution is 2.36. The SMILES string of the molecule is CC1CN(CC2C[C@@H]3CCN(c4cc(C(F)(F)F)ncn4)C[C@@H]3O2)CC(C)O1. The maximum Gasteiger partial charge on any atom is 0.433 e. The average molecular weight is 400 g/mol. The fourth-order valence-corrected chi connectivity index (χ4v) is 4.75. The van der Waals surface area contributed by atoms with E-state index in [4.69, 9.17) is 9.47 Å². The molecule has 1 aromatic heterocycles. The van der Waals surface area contributed by atoms with Gasteiger partial charge < -0.3 is 14.4 Å². The van der Waals surface area contributed by atoms with Gasteiger partial charge in [-0.1, -0.05) is 0 Å². The van der Waals surface area contributed by atoms with E-state index in [9.17, 15) is 13.2 Å². The average Bonchev–Trinajstić information content (AvgIpc) is 3.01. The summed E-state index contributed by atoms with van der Waals surface area (Å²) in [5.74, 6) is 0.782. The van der Waals surface area contributed by atoms with Crippen LogP contribution in [0.1, 0.15) is 32.4 Å². The van der Waals surface area contributed by atoms with E-state index in [1.807, 2.05) is 4.90 Å². The van der Waals surface area contributed by atoms with Crippen LogP contribution in [0.5, 0.6) is 0 Å². The number of fused-ring (bicyclic) bond motifs is 1. The fraction of sp³-hybridized carbons (Fsp3) is 0.789. The van der Waals surface area contributed by atoms with Gasteiger partial charge in [0.05, 0.1) is 24.4 Å². The highest BCUT2D eigenvalue weighted by atomic mass is 19.4. The molecule has 3 saturated heterocycles. The zero-order chi connectivity index (χ0) is 19.9. The van der Waals surface area contributed by atoms with Crippen molar-refractivity contribution in [3.8, 4) is 0 Å². The second-order valence-corrected chi connectivity index (χ2v) is 8.26. The maximum atomic E-state index is 12.9. The van der Waals surface area contributed by atoms with Crippen LogP contribution in [-0.4, -0.2) is 72.0 Å². The van der Waals surface area contributed by atoms with E-state index in [2.05, 4.69) is 28.7 Å². The summed E-state index contributed by atoms with van der Waals surface area (Å²) in [6, 6.07) is 1.03. The van der Waals surface area contributed by atoms with Gasteiger partial charge in [-0.15, -0.1) is 0 Å². The van der Waals surface area contributed by atoms with Crippen LogP contribution in [0, 0.1) is 5.92 Å². The Morgan fingerprint density at radius 1 is 1.11 bits per heavy atom. The number of nitrogens with zero attached hydrogens (tertiary/aromatic N) is 4. The summed E-state index contributed by atoms with van der Waals surface area (Å²) in [7, 11) is 0. The van der Waals surface area contributed by atoms with Gasteiger partial charge in [0.25, 0.3) is 0 Å². The summed E-state index contributed by atoms with van der Waals surface area (Å²) in [5.41, 5.74) is -0.902. The van der Waals surface area contributed by atoms with Gasteiger partial charge in [0.2, 0.25) is 0 Å². The Labute approximate surface area is 163 Å². The van der Waals surface area contributed by atoms with Crippen molar-refractivity contribution in [3.63, 3.8) is 0 Å². The standard InChI is InChI=1S/C19H27F3N4O2/c1-12-7-25(8-13(2)27-12)9-15-5-14-3-4-26(10-16(14)28-15)18-6-17(19(20,21)22)23-11-24-18/h6,11-16H,3-5,7-10H2,1-2H3/t12?,13?,14-,15?,16-/m0/s1. The van der Waals surface area contributed by atoms with E-state index < -0.39 is 11.9 Å². The van der Waals surface area contributed by atoms with Gasteiger partial charge in [0.15, 0.2) is 0 Å². The van der Waals surface area contributed by atoms with E-state index in [1.165, 1.54) is 0 Å². The number of aromatic nitrogens is 2. The molecule has 0 bridgehead atoms. The Balaban J connectivity index is 1.36. The quantitative estimate of drug-likeness (QED) is 0.778. The van der Waals surface area contributed by atoms with Gasteiger partial charge in [-0.2, -0.15) is 13.2 Å². The number of halogens is 3. The summed E-state index contributed by atoms with van der Waals surface area (Å²) in [6.45, 7) is 8.15. The lowest BCUT2D eigenvalue weighted by Gasteiger charge is -2.36. The molecule has 0 aromatic carbocycles. The molecule has 0 radical (unpaired) electrons. The molecule has 6 nitrogen and oxygen atoms in total. The van der Waals surface area contributed by atoms with Crippen LogP contribution in [0.4, 0.5) is 19.0 Å². The third-order valence-electron chi connectivity index (χ3n) is 5.85. The van der Waals surface area contributed by atoms with Gasteiger partial charge in [-0.3, -0.25) is 4.90 Å². The molecule has 0 N–H and O–H groups in total. The molecule has 156 valence electrons. The number of alkyl halides is 3. The summed E-state index contributed by atoms with van der Waals surface area (Å²) in [4.78, 5) is 11.7. The van der Waals surface area contributed by atoms with E-state index in [-0.39, 0.29) is 24.4 Å². The van der Waals surface area contributed by atoms with Crippen molar-refractivity contribution in [2.75, 3.05) is 37.6 Å². The Kier molecular flexibility index (Phi) is 5.50. The van der Waals surface area contributed by atoms with Crippen LogP contribution >= 0.6 is 0 Å². The lowest BCUT2D eigenvalue weighted by atomic mass is 9.91. The third kappa shape index (κ3) is 4.41. The van der Waals surface area contributed by atoms with Gasteiger partial charge in [-0.05, 0) is 32.6 Å². The molecule has 0 aliphatic carbocycles. The number of ether oxygens (including phenoxy) is 2. The number of rotatable bonds is 3. The van der Waals surface area contributed by atoms with Crippen LogP contribution in [0.15, 0.2) is 12.4 Å². The van der Waals surface area contributed by atoms with Gasteiger partial charge >= 0.3 is 6.18 Å². The largest absolute Gasteiger partial charge is 0.433 e. The second kappa shape index (κ2) is 7.76. The predicted molar refractivity (Wildman–Crippen MR) is 97.1 cm³/mol. The number of piperidine rings is 1. The van der Waals surface area contributed by atoms with Gasteiger partial charge in [-0.25, -0.2) is 9.97 Å². The Morgan fingerprint density at radius 2 is 1.86 bits per heavy atom. The maximum absolute atomic E-state index is 12.9. The monoisotopic (exact) mass is 400 g/mol. The molecule has 0 spiro atoms. The minimum absolute atomic E-state index is 0.0407. The molecule has 0 amide bonds. The molecule has 1 aromatic rings. The molecule has 5 atom stereocenters. The molecule has 3 aliphatic heterocycles. The first-order valence-electron chi connectivity index (χ1n) is 9.95. The first-order chi connectivity index (χ1) is 13.3. The van der Waals surface area contributed by atoms with Gasteiger partial charge in [0.1, 0.15) is 17.8 Å². The van der Waals surface area contributed by atoms with E-state index >= 15 is 0 Å². The van der Waals surface area contributed by atoms with Crippen LogP contribution in [0.2, 0.25) is 0 Å². The minimum atomic E-state index is -4.46. The van der Waals surface area contributed by atoms with Crippen molar-refractivity contribution in [1.29, 1.82) is 0 Å². The van der Waals surface area contributed by atoms with Crippen LogP contribution in [0.3, 0.4) is 0 Å². The van der Waals surface area contributed by atoms with Crippen molar-refractivity contribution in [2.24, 2.45) is 5.92 Å². The Hall–Kier alpha value is -1.45. The van der Waals surface area contributed by atoms with Crippen LogP contribution < -0.4 is 4.90 Å². The highest BCUT2D eigenvalue weighted by Gasteiger charge is 2.41. The molecule has 0 saturated carbocycles. The van der Waals surface area contributed by atoms with Crippen molar-refractivity contribution >= 4 is 5.82 Å². The van der Waals surface area contributed by atoms with E-state index in [1.54, 1.807) is 0 Å². The topological polar surface area (TPSA) is 50.7 Å². The highest BCUT2D eigenvalue weighted by molar-refractivity contribution is 5.40. The lowest BCUT2D eigenvalue weighted by Crippen LogP contribution is -2.48. The van der Waals surface area contributed by atoms with Crippen molar-refractivity contribution in [2.45, 2.75) is 57.3 Å². The summed E-state index contributed by atoms with van der Waals surface area (Å²) < 4.78 is 50.9. The molecule has 28 heavy (non-hydrogen) atoms. The molecular weight excluding hydrogens is 373 g/mol. The van der Waals surface area contributed by atoms with Crippen molar-refractivity contribution < 1.29 is 22.6 Å². The summed E-state index contributed by atoms with van der Waals surface area (Å²) in [5, 5.41) is 0. The number of hydrogen-bond donors (Lipinski definition) is 0. The molecule has 4 heterocycles. The van der Waals surface area contributed by atoms with E-state index in [0.29, 0.717) is 24.8 Å². The zero-order valence-electron chi connectivity index (χ0n) is 16.2. The molecule has 4 rings (SSSR count). The molecule has 9 heteroatoms. The number of hydrogen-bond acceptors (Lipinski definition) is 6. The van der Waals surface area contributed by atoms with E-state index in [0.717, 1.165) is 44.9 Å². The van der Waals surface area contributed by atoms with Crippen molar-refractivity contribution in [3.05, 3.63) is 18.1 Å². The normalized spacial score (nSPS) is 34.5. The van der Waals surface area contributed by atoms with Crippen LogP contribution in [-0.2, 0) is 15.7 Å². The van der Waals surface area contributed by atoms with Crippen LogP contribution in [0.25, 0.3) is 0 Å². The molecule has 3 fully saturated rings. The smallest absolute Gasteiger partial charge is 0.373 e. The lowest BCUT2D eigenvalue weighted by molar-refractivity contribution is -0.141. The third-order valence-corrected chi connectivity index (χ3v) is 5.85. The molecule has 3 aliphatic rings. The first-order valence-corrected chi connectivity index (χ1v) is 9.95. The Bertz CT molecular complexity index is 679. The predicted octanol–water partition coefficient (Wildman–Crippen LogP) is 2.59. The number of anilines is 1. The zero-order valence-corrected chi connectivity index (χ0v) is 16.2. The second-order valence-electron chi connectivity index (χ2n) is 8.26. The molecular formula is C19H27F3N4O2.